The first-order valence-corrected chi connectivity index (χ1v) is 11.8. The van der Waals surface area contributed by atoms with E-state index < -0.39 is 10.0 Å². The van der Waals surface area contributed by atoms with Crippen LogP contribution in [0.1, 0.15) is 23.7 Å². The Morgan fingerprint density at radius 1 is 1.10 bits per heavy atom. The van der Waals surface area contributed by atoms with Crippen molar-refractivity contribution in [2.75, 3.05) is 38.2 Å². The van der Waals surface area contributed by atoms with E-state index in [4.69, 9.17) is 21.7 Å². The van der Waals surface area contributed by atoms with Gasteiger partial charge in [-0.2, -0.15) is 4.31 Å². The predicted octanol–water partition coefficient (Wildman–Crippen LogP) is 2.62. The number of rotatable bonds is 7. The predicted molar refractivity (Wildman–Crippen MR) is 122 cm³/mol. The highest BCUT2D eigenvalue weighted by atomic mass is 32.2. The van der Waals surface area contributed by atoms with E-state index in [0.29, 0.717) is 49.9 Å². The third-order valence-corrected chi connectivity index (χ3v) is 6.65. The first kappa shape index (κ1) is 23.1. The van der Waals surface area contributed by atoms with Gasteiger partial charge >= 0.3 is 0 Å². The van der Waals surface area contributed by atoms with E-state index in [2.05, 4.69) is 10.6 Å². The number of nitrogens with one attached hydrogen (secondary N) is 2. The second kappa shape index (κ2) is 10.7. The van der Waals surface area contributed by atoms with Crippen LogP contribution in [0, 0.1) is 0 Å². The monoisotopic (exact) mass is 463 g/mol. The van der Waals surface area contributed by atoms with Crippen LogP contribution in [0.2, 0.25) is 0 Å². The summed E-state index contributed by atoms with van der Waals surface area (Å²) in [5, 5.41) is 5.60. The van der Waals surface area contributed by atoms with Gasteiger partial charge in [-0.25, -0.2) is 8.42 Å². The molecular formula is C21H25N3O5S2. The van der Waals surface area contributed by atoms with Gasteiger partial charge in [-0.15, -0.1) is 0 Å². The average molecular weight is 464 g/mol. The van der Waals surface area contributed by atoms with Crippen molar-refractivity contribution in [3.8, 4) is 5.75 Å². The van der Waals surface area contributed by atoms with Gasteiger partial charge in [0.1, 0.15) is 5.75 Å². The number of benzene rings is 2. The molecule has 2 aromatic carbocycles. The number of thiocarbonyl (C=S) groups is 1. The molecule has 1 aliphatic rings. The summed E-state index contributed by atoms with van der Waals surface area (Å²) >= 11 is 5.20. The molecule has 2 N–H and O–H groups in total. The van der Waals surface area contributed by atoms with Gasteiger partial charge in [0.05, 0.1) is 24.7 Å². The third-order valence-electron chi connectivity index (χ3n) is 4.54. The van der Waals surface area contributed by atoms with Crippen LogP contribution in [0.15, 0.2) is 53.4 Å². The van der Waals surface area contributed by atoms with E-state index in [1.165, 1.54) is 16.4 Å². The Labute approximate surface area is 187 Å². The van der Waals surface area contributed by atoms with Crippen LogP contribution in [-0.4, -0.2) is 56.7 Å². The molecule has 0 spiro atoms. The largest absolute Gasteiger partial charge is 0.494 e. The summed E-state index contributed by atoms with van der Waals surface area (Å²) in [6.45, 7) is 4.09. The molecule has 0 atom stereocenters. The first-order chi connectivity index (χ1) is 14.9. The molecule has 3 rings (SSSR count). The minimum Gasteiger partial charge on any atom is -0.494 e. The smallest absolute Gasteiger partial charge is 0.257 e. The van der Waals surface area contributed by atoms with Crippen LogP contribution in [0.25, 0.3) is 0 Å². The van der Waals surface area contributed by atoms with Crippen molar-refractivity contribution in [2.24, 2.45) is 0 Å². The number of anilines is 1. The van der Waals surface area contributed by atoms with Crippen molar-refractivity contribution < 1.29 is 22.7 Å². The maximum absolute atomic E-state index is 12.7. The van der Waals surface area contributed by atoms with Gasteiger partial charge in [0.25, 0.3) is 5.91 Å². The standard InChI is InChI=1S/C21H25N3O5S2/c1-2-13-29-18-7-3-16(4-8-18)20(25)23-21(30)22-17-5-9-19(10-6-17)31(26,27)24-11-14-28-15-12-24/h3-10H,2,11-15H2,1H3,(H2,22,23,25,30). The first-order valence-electron chi connectivity index (χ1n) is 9.93. The van der Waals surface area contributed by atoms with E-state index in [1.807, 2.05) is 6.92 Å². The molecule has 1 amide bonds. The van der Waals surface area contributed by atoms with Crippen molar-refractivity contribution >= 4 is 38.9 Å². The minimum atomic E-state index is -3.56. The molecule has 1 heterocycles. The van der Waals surface area contributed by atoms with Crippen LogP contribution < -0.4 is 15.4 Å². The number of sulfonamides is 1. The Balaban J connectivity index is 1.56. The van der Waals surface area contributed by atoms with Crippen molar-refractivity contribution in [3.05, 3.63) is 54.1 Å². The molecule has 1 saturated heterocycles. The Morgan fingerprint density at radius 3 is 2.35 bits per heavy atom. The summed E-state index contributed by atoms with van der Waals surface area (Å²) in [7, 11) is -3.56. The molecule has 0 saturated carbocycles. The van der Waals surface area contributed by atoms with Crippen molar-refractivity contribution in [2.45, 2.75) is 18.2 Å². The number of nitrogens with zero attached hydrogens (tertiary/aromatic N) is 1. The van der Waals surface area contributed by atoms with Gasteiger partial charge in [-0.3, -0.25) is 10.1 Å². The van der Waals surface area contributed by atoms with Crippen LogP contribution in [0.5, 0.6) is 5.75 Å². The lowest BCUT2D eigenvalue weighted by Crippen LogP contribution is -2.40. The zero-order valence-corrected chi connectivity index (χ0v) is 18.8. The summed E-state index contributed by atoms with van der Waals surface area (Å²) in [5.74, 6) is 0.345. The minimum absolute atomic E-state index is 0.111. The second-order valence-electron chi connectivity index (χ2n) is 6.82. The molecule has 0 bridgehead atoms. The maximum Gasteiger partial charge on any atom is 0.257 e. The molecule has 2 aromatic rings. The molecule has 0 radical (unpaired) electrons. The van der Waals surface area contributed by atoms with Crippen molar-refractivity contribution in [1.82, 2.24) is 9.62 Å². The van der Waals surface area contributed by atoms with Gasteiger partial charge in [-0.1, -0.05) is 6.92 Å². The molecule has 1 aliphatic heterocycles. The van der Waals surface area contributed by atoms with E-state index in [0.717, 1.165) is 6.42 Å². The number of amides is 1. The third kappa shape index (κ3) is 6.23. The molecule has 1 fully saturated rings. The van der Waals surface area contributed by atoms with Crippen LogP contribution >= 0.6 is 12.2 Å². The summed E-state index contributed by atoms with van der Waals surface area (Å²) in [6.07, 6.45) is 0.905. The normalized spacial score (nSPS) is 14.6. The van der Waals surface area contributed by atoms with Crippen LogP contribution in [-0.2, 0) is 14.8 Å². The number of carbonyl (C=O) groups is 1. The van der Waals surface area contributed by atoms with Gasteiger partial charge in [0.15, 0.2) is 5.11 Å². The maximum atomic E-state index is 12.7. The summed E-state index contributed by atoms with van der Waals surface area (Å²) < 4.78 is 37.4. The molecule has 0 unspecified atom stereocenters. The average Bonchev–Trinajstić information content (AvgIpc) is 2.79. The van der Waals surface area contributed by atoms with Crippen molar-refractivity contribution in [3.63, 3.8) is 0 Å². The highest BCUT2D eigenvalue weighted by Gasteiger charge is 2.26. The second-order valence-corrected chi connectivity index (χ2v) is 9.17. The van der Waals surface area contributed by atoms with Gasteiger partial charge in [0, 0.05) is 24.3 Å². The van der Waals surface area contributed by atoms with Crippen molar-refractivity contribution in [1.29, 1.82) is 0 Å². The van der Waals surface area contributed by atoms with Crippen LogP contribution in [0.4, 0.5) is 5.69 Å². The quantitative estimate of drug-likeness (QED) is 0.609. The van der Waals surface area contributed by atoms with Gasteiger partial charge in [-0.05, 0) is 67.2 Å². The lowest BCUT2D eigenvalue weighted by atomic mass is 10.2. The highest BCUT2D eigenvalue weighted by Crippen LogP contribution is 2.19. The van der Waals surface area contributed by atoms with Gasteiger partial charge < -0.3 is 14.8 Å². The molecule has 0 aromatic heterocycles. The molecular weight excluding hydrogens is 438 g/mol. The van der Waals surface area contributed by atoms with E-state index in [1.54, 1.807) is 36.4 Å². The Kier molecular flexibility index (Phi) is 7.97. The fourth-order valence-corrected chi connectivity index (χ4v) is 4.52. The number of carbonyl (C=O) groups excluding carboxylic acids is 1. The topological polar surface area (TPSA) is 97.0 Å². The Morgan fingerprint density at radius 2 is 1.74 bits per heavy atom. The number of ether oxygens (including phenoxy) is 2. The zero-order chi connectivity index (χ0) is 22.3. The van der Waals surface area contributed by atoms with E-state index in [-0.39, 0.29) is 15.9 Å². The van der Waals surface area contributed by atoms with E-state index >= 15 is 0 Å². The summed E-state index contributed by atoms with van der Waals surface area (Å²) in [5.41, 5.74) is 1.01. The summed E-state index contributed by atoms with van der Waals surface area (Å²) in [6, 6.07) is 13.0. The number of morpholine rings is 1. The lowest BCUT2D eigenvalue weighted by molar-refractivity contribution is 0.0730. The molecule has 8 nitrogen and oxygen atoms in total. The van der Waals surface area contributed by atoms with Gasteiger partial charge in [0.2, 0.25) is 10.0 Å². The fourth-order valence-electron chi connectivity index (χ4n) is 2.91. The molecule has 0 aliphatic carbocycles. The molecule has 10 heteroatoms. The molecule has 166 valence electrons. The SMILES string of the molecule is CCCOc1ccc(C(=O)NC(=S)Nc2ccc(S(=O)(=O)N3CCOCC3)cc2)cc1. The zero-order valence-electron chi connectivity index (χ0n) is 17.2. The Bertz CT molecular complexity index is 1000. The summed E-state index contributed by atoms with van der Waals surface area (Å²) in [4.78, 5) is 12.6. The highest BCUT2D eigenvalue weighted by molar-refractivity contribution is 7.89. The number of hydrogen-bond acceptors (Lipinski definition) is 6. The number of hydrogen-bond donors (Lipinski definition) is 2. The lowest BCUT2D eigenvalue weighted by Gasteiger charge is -2.26. The van der Waals surface area contributed by atoms with E-state index in [9.17, 15) is 13.2 Å². The van der Waals surface area contributed by atoms with Crippen LogP contribution in [0.3, 0.4) is 0 Å². The fraction of sp³-hybridized carbons (Fsp3) is 0.333. The Hall–Kier alpha value is -2.53. The molecule has 31 heavy (non-hydrogen) atoms.